The molecule has 2 rings (SSSR count). The highest BCUT2D eigenvalue weighted by Crippen LogP contribution is 2.25. The van der Waals surface area contributed by atoms with E-state index in [0.29, 0.717) is 17.2 Å². The van der Waals surface area contributed by atoms with E-state index in [1.807, 2.05) is 0 Å². The zero-order valence-electron chi connectivity index (χ0n) is 12.7. The molecule has 5 nitrogen and oxygen atoms in total. The average Bonchev–Trinajstić information content (AvgIpc) is 2.83. The number of benzene rings is 1. The van der Waals surface area contributed by atoms with Crippen molar-refractivity contribution in [2.45, 2.75) is 37.8 Å². The summed E-state index contributed by atoms with van der Waals surface area (Å²) >= 11 is 0. The SMILES string of the molecule is CC(C)(C)NCc1cnoc1-c1ccc(S(C)(=O)=O)cc1. The van der Waals surface area contributed by atoms with Crippen LogP contribution in [0.4, 0.5) is 0 Å². The lowest BCUT2D eigenvalue weighted by molar-refractivity contribution is 0.418. The topological polar surface area (TPSA) is 72.2 Å². The first-order valence-corrected chi connectivity index (χ1v) is 8.55. The fourth-order valence-corrected chi connectivity index (χ4v) is 2.47. The van der Waals surface area contributed by atoms with E-state index >= 15 is 0 Å². The first-order valence-electron chi connectivity index (χ1n) is 6.66. The largest absolute Gasteiger partial charge is 0.356 e. The van der Waals surface area contributed by atoms with Gasteiger partial charge in [0.1, 0.15) is 0 Å². The summed E-state index contributed by atoms with van der Waals surface area (Å²) < 4.78 is 28.2. The van der Waals surface area contributed by atoms with Crippen molar-refractivity contribution in [3.05, 3.63) is 36.0 Å². The van der Waals surface area contributed by atoms with Crippen LogP contribution in [0.2, 0.25) is 0 Å². The Morgan fingerprint density at radius 1 is 1.19 bits per heavy atom. The van der Waals surface area contributed by atoms with Crippen molar-refractivity contribution in [3.63, 3.8) is 0 Å². The Morgan fingerprint density at radius 3 is 2.33 bits per heavy atom. The second-order valence-electron chi connectivity index (χ2n) is 6.08. The Balaban J connectivity index is 2.25. The molecule has 0 amide bonds. The molecule has 0 aliphatic carbocycles. The molecule has 0 aliphatic rings. The number of nitrogens with one attached hydrogen (secondary N) is 1. The van der Waals surface area contributed by atoms with E-state index in [1.54, 1.807) is 30.5 Å². The van der Waals surface area contributed by atoms with Crippen molar-refractivity contribution in [1.29, 1.82) is 0 Å². The van der Waals surface area contributed by atoms with E-state index in [0.717, 1.165) is 11.1 Å². The third-order valence-corrected chi connectivity index (χ3v) is 4.13. The Morgan fingerprint density at radius 2 is 1.81 bits per heavy atom. The molecule has 114 valence electrons. The van der Waals surface area contributed by atoms with Gasteiger partial charge in [-0.05, 0) is 45.0 Å². The van der Waals surface area contributed by atoms with Crippen LogP contribution in [0.15, 0.2) is 39.9 Å². The van der Waals surface area contributed by atoms with E-state index in [1.165, 1.54) is 6.26 Å². The zero-order chi connectivity index (χ0) is 15.7. The predicted octanol–water partition coefficient (Wildman–Crippen LogP) is 2.63. The van der Waals surface area contributed by atoms with E-state index in [4.69, 9.17) is 4.52 Å². The third-order valence-electron chi connectivity index (χ3n) is 3.00. The van der Waals surface area contributed by atoms with Crippen LogP contribution < -0.4 is 5.32 Å². The van der Waals surface area contributed by atoms with Crippen LogP contribution in [0.25, 0.3) is 11.3 Å². The number of aromatic nitrogens is 1. The van der Waals surface area contributed by atoms with Crippen molar-refractivity contribution in [2.24, 2.45) is 0 Å². The highest BCUT2D eigenvalue weighted by atomic mass is 32.2. The van der Waals surface area contributed by atoms with E-state index < -0.39 is 9.84 Å². The summed E-state index contributed by atoms with van der Waals surface area (Å²) in [5, 5.41) is 7.21. The van der Waals surface area contributed by atoms with Gasteiger partial charge in [0, 0.05) is 29.5 Å². The number of hydrogen-bond donors (Lipinski definition) is 1. The van der Waals surface area contributed by atoms with Crippen LogP contribution in [0.1, 0.15) is 26.3 Å². The molecule has 1 heterocycles. The zero-order valence-corrected chi connectivity index (χ0v) is 13.5. The minimum atomic E-state index is -3.19. The second kappa shape index (κ2) is 5.61. The van der Waals surface area contributed by atoms with Crippen molar-refractivity contribution in [3.8, 4) is 11.3 Å². The smallest absolute Gasteiger partial charge is 0.175 e. The molecule has 0 bridgehead atoms. The van der Waals surface area contributed by atoms with Gasteiger partial charge in [-0.15, -0.1) is 0 Å². The number of rotatable bonds is 4. The van der Waals surface area contributed by atoms with Crippen molar-refractivity contribution >= 4 is 9.84 Å². The minimum Gasteiger partial charge on any atom is -0.356 e. The molecule has 0 radical (unpaired) electrons. The molecule has 0 fully saturated rings. The standard InChI is InChI=1S/C15H20N2O3S/c1-15(2,3)16-9-12-10-17-20-14(12)11-5-7-13(8-6-11)21(4,18)19/h5-8,10,16H,9H2,1-4H3. The molecule has 6 heteroatoms. The lowest BCUT2D eigenvalue weighted by Gasteiger charge is -2.20. The van der Waals surface area contributed by atoms with Gasteiger partial charge in [0.05, 0.1) is 11.1 Å². The van der Waals surface area contributed by atoms with Gasteiger partial charge < -0.3 is 9.84 Å². The van der Waals surface area contributed by atoms with Gasteiger partial charge in [-0.2, -0.15) is 0 Å². The van der Waals surface area contributed by atoms with Crippen LogP contribution in [0, 0.1) is 0 Å². The molecule has 0 unspecified atom stereocenters. The lowest BCUT2D eigenvalue weighted by atomic mass is 10.1. The van der Waals surface area contributed by atoms with Crippen molar-refractivity contribution in [2.75, 3.05) is 6.26 Å². The second-order valence-corrected chi connectivity index (χ2v) is 8.10. The molecule has 0 spiro atoms. The summed E-state index contributed by atoms with van der Waals surface area (Å²) in [7, 11) is -3.19. The van der Waals surface area contributed by atoms with Gasteiger partial charge in [0.15, 0.2) is 15.6 Å². The highest BCUT2D eigenvalue weighted by Gasteiger charge is 2.15. The summed E-state index contributed by atoms with van der Waals surface area (Å²) in [6, 6.07) is 6.62. The Kier molecular flexibility index (Phi) is 4.20. The normalized spacial score (nSPS) is 12.6. The van der Waals surface area contributed by atoms with Crippen LogP contribution in [0.3, 0.4) is 0 Å². The van der Waals surface area contributed by atoms with Gasteiger partial charge in [-0.25, -0.2) is 8.42 Å². The monoisotopic (exact) mass is 308 g/mol. The predicted molar refractivity (Wildman–Crippen MR) is 81.6 cm³/mol. The van der Waals surface area contributed by atoms with Crippen LogP contribution >= 0.6 is 0 Å². The first kappa shape index (κ1) is 15.7. The molecule has 0 atom stereocenters. The maximum Gasteiger partial charge on any atom is 0.175 e. The molecule has 0 aliphatic heterocycles. The van der Waals surface area contributed by atoms with Gasteiger partial charge in [0.25, 0.3) is 0 Å². The molecule has 0 saturated heterocycles. The molecule has 21 heavy (non-hydrogen) atoms. The van der Waals surface area contributed by atoms with Crippen LogP contribution in [0.5, 0.6) is 0 Å². The molecule has 1 aromatic heterocycles. The summed E-state index contributed by atoms with van der Waals surface area (Å²) in [6.07, 6.45) is 2.87. The quantitative estimate of drug-likeness (QED) is 0.940. The highest BCUT2D eigenvalue weighted by molar-refractivity contribution is 7.90. The van der Waals surface area contributed by atoms with Gasteiger partial charge in [-0.1, -0.05) is 5.16 Å². The van der Waals surface area contributed by atoms with Crippen LogP contribution in [-0.2, 0) is 16.4 Å². The number of sulfone groups is 1. The molecular formula is C15H20N2O3S. The third kappa shape index (κ3) is 4.15. The maximum atomic E-state index is 11.5. The van der Waals surface area contributed by atoms with Gasteiger partial charge >= 0.3 is 0 Å². The number of hydrogen-bond acceptors (Lipinski definition) is 5. The summed E-state index contributed by atoms with van der Waals surface area (Å²) in [4.78, 5) is 0.292. The summed E-state index contributed by atoms with van der Waals surface area (Å²) in [5.41, 5.74) is 1.75. The fourth-order valence-electron chi connectivity index (χ4n) is 1.84. The van der Waals surface area contributed by atoms with E-state index in [9.17, 15) is 8.42 Å². The van der Waals surface area contributed by atoms with Crippen LogP contribution in [-0.4, -0.2) is 25.4 Å². The summed E-state index contributed by atoms with van der Waals surface area (Å²) in [6.45, 7) is 6.89. The molecule has 0 saturated carbocycles. The van der Waals surface area contributed by atoms with E-state index in [-0.39, 0.29) is 5.54 Å². The van der Waals surface area contributed by atoms with Crippen molar-refractivity contribution < 1.29 is 12.9 Å². The summed E-state index contributed by atoms with van der Waals surface area (Å²) in [5.74, 6) is 0.659. The van der Waals surface area contributed by atoms with Crippen molar-refractivity contribution in [1.82, 2.24) is 10.5 Å². The minimum absolute atomic E-state index is 0.00527. The Labute approximate surface area is 125 Å². The Hall–Kier alpha value is -1.66. The molecular weight excluding hydrogens is 288 g/mol. The molecule has 1 N–H and O–H groups in total. The first-order chi connectivity index (χ1) is 9.67. The molecule has 1 aromatic carbocycles. The molecule has 2 aromatic rings. The van der Waals surface area contributed by atoms with E-state index in [2.05, 4.69) is 31.2 Å². The van der Waals surface area contributed by atoms with Gasteiger partial charge in [-0.3, -0.25) is 0 Å². The Bertz CT molecular complexity index is 710. The maximum absolute atomic E-state index is 11.5. The lowest BCUT2D eigenvalue weighted by Crippen LogP contribution is -2.35. The fraction of sp³-hybridized carbons (Fsp3) is 0.400. The van der Waals surface area contributed by atoms with Gasteiger partial charge in [0.2, 0.25) is 0 Å². The average molecular weight is 308 g/mol. The number of nitrogens with zero attached hydrogens (tertiary/aromatic N) is 1.